The van der Waals surface area contributed by atoms with Crippen molar-refractivity contribution in [2.75, 3.05) is 19.6 Å². The number of amides is 2. The number of hydrogen-bond donors (Lipinski definition) is 1. The number of hydrogen-bond acceptors (Lipinski definition) is 4. The molecule has 2 amide bonds. The van der Waals surface area contributed by atoms with Gasteiger partial charge < -0.3 is 14.6 Å². The molecule has 7 heteroatoms. The Balaban J connectivity index is 1.85. The topological polar surface area (TPSA) is 79.6 Å². The molecule has 0 spiro atoms. The summed E-state index contributed by atoms with van der Waals surface area (Å²) in [7, 11) is -3.73. The summed E-state index contributed by atoms with van der Waals surface area (Å²) in [6.07, 6.45) is 4.54. The number of piperidine rings is 1. The minimum atomic E-state index is -3.73. The van der Waals surface area contributed by atoms with Crippen LogP contribution in [0.3, 0.4) is 0 Å². The Labute approximate surface area is 160 Å². The van der Waals surface area contributed by atoms with Crippen molar-refractivity contribution in [1.29, 1.82) is 0 Å². The van der Waals surface area contributed by atoms with Crippen LogP contribution in [0, 0.1) is 13.8 Å². The van der Waals surface area contributed by atoms with Crippen molar-refractivity contribution in [3.8, 4) is 0 Å². The van der Waals surface area contributed by atoms with Crippen LogP contribution >= 0.6 is 0 Å². The fraction of sp³-hybridized carbons (Fsp3) is 0.450. The van der Waals surface area contributed by atoms with Gasteiger partial charge in [0.15, 0.2) is 9.84 Å². The van der Waals surface area contributed by atoms with Crippen LogP contribution in [0.5, 0.6) is 0 Å². The second kappa shape index (κ2) is 8.17. The zero-order valence-corrected chi connectivity index (χ0v) is 16.6. The van der Waals surface area contributed by atoms with E-state index in [4.69, 9.17) is 4.42 Å². The minimum absolute atomic E-state index is 0.0292. The molecule has 1 aromatic carbocycles. The Morgan fingerprint density at radius 3 is 2.59 bits per heavy atom. The highest BCUT2D eigenvalue weighted by atomic mass is 32.2. The van der Waals surface area contributed by atoms with Gasteiger partial charge in [-0.2, -0.15) is 0 Å². The van der Waals surface area contributed by atoms with Crippen LogP contribution in [-0.2, 0) is 9.84 Å². The molecule has 1 aliphatic rings. The number of benzene rings is 1. The number of urea groups is 1. The predicted octanol–water partition coefficient (Wildman–Crippen LogP) is 3.61. The molecule has 2 aromatic rings. The van der Waals surface area contributed by atoms with Gasteiger partial charge in [0.2, 0.25) is 0 Å². The van der Waals surface area contributed by atoms with Gasteiger partial charge in [-0.25, -0.2) is 13.2 Å². The first-order valence-electron chi connectivity index (χ1n) is 9.27. The first-order chi connectivity index (χ1) is 12.9. The molecule has 1 aliphatic heterocycles. The highest BCUT2D eigenvalue weighted by Gasteiger charge is 2.33. The SMILES string of the molecule is Cc1ccc(C)c(S(=O)(=O)[C@@H](CNC(=O)N2CCCCC2)c2ccco2)c1. The summed E-state index contributed by atoms with van der Waals surface area (Å²) in [5, 5.41) is 1.83. The van der Waals surface area contributed by atoms with Crippen LogP contribution in [0.2, 0.25) is 0 Å². The molecule has 0 aliphatic carbocycles. The van der Waals surface area contributed by atoms with E-state index in [2.05, 4.69) is 5.32 Å². The lowest BCUT2D eigenvalue weighted by atomic mass is 10.1. The highest BCUT2D eigenvalue weighted by molar-refractivity contribution is 7.91. The summed E-state index contributed by atoms with van der Waals surface area (Å²) in [6.45, 7) is 5.02. The van der Waals surface area contributed by atoms with Gasteiger partial charge >= 0.3 is 6.03 Å². The van der Waals surface area contributed by atoms with E-state index in [-0.39, 0.29) is 17.5 Å². The van der Waals surface area contributed by atoms with Gasteiger partial charge in [-0.1, -0.05) is 12.1 Å². The van der Waals surface area contributed by atoms with Gasteiger partial charge in [0.25, 0.3) is 0 Å². The fourth-order valence-corrected chi connectivity index (χ4v) is 5.31. The van der Waals surface area contributed by atoms with E-state index in [9.17, 15) is 13.2 Å². The van der Waals surface area contributed by atoms with Gasteiger partial charge in [0.05, 0.1) is 11.2 Å². The number of nitrogens with one attached hydrogen (secondary N) is 1. The third-order valence-electron chi connectivity index (χ3n) is 4.97. The molecule has 0 radical (unpaired) electrons. The number of carbonyl (C=O) groups excluding carboxylic acids is 1. The lowest BCUT2D eigenvalue weighted by molar-refractivity contribution is 0.186. The van der Waals surface area contributed by atoms with Gasteiger partial charge in [0.1, 0.15) is 11.0 Å². The number of sulfone groups is 1. The molecule has 6 nitrogen and oxygen atoms in total. The summed E-state index contributed by atoms with van der Waals surface area (Å²) in [5.41, 5.74) is 1.55. The van der Waals surface area contributed by atoms with Gasteiger partial charge in [-0.15, -0.1) is 0 Å². The molecule has 1 N–H and O–H groups in total. The Hall–Kier alpha value is -2.28. The van der Waals surface area contributed by atoms with E-state index in [1.54, 1.807) is 36.1 Å². The van der Waals surface area contributed by atoms with Crippen LogP contribution in [-0.4, -0.2) is 39.0 Å². The summed E-state index contributed by atoms with van der Waals surface area (Å²) < 4.78 is 32.1. The predicted molar refractivity (Wildman–Crippen MR) is 103 cm³/mol. The molecule has 1 atom stereocenters. The third-order valence-corrected chi connectivity index (χ3v) is 7.17. The average Bonchev–Trinajstić information content (AvgIpc) is 3.18. The minimum Gasteiger partial charge on any atom is -0.468 e. The third kappa shape index (κ3) is 4.35. The van der Waals surface area contributed by atoms with Crippen LogP contribution in [0.15, 0.2) is 45.9 Å². The van der Waals surface area contributed by atoms with Crippen molar-refractivity contribution in [1.82, 2.24) is 10.2 Å². The molecule has 1 aromatic heterocycles. The van der Waals surface area contributed by atoms with E-state index >= 15 is 0 Å². The van der Waals surface area contributed by atoms with Crippen LogP contribution < -0.4 is 5.32 Å². The van der Waals surface area contributed by atoms with Crippen molar-refractivity contribution in [3.63, 3.8) is 0 Å². The number of nitrogens with zero attached hydrogens (tertiary/aromatic N) is 1. The number of aryl methyl sites for hydroxylation is 2. The quantitative estimate of drug-likeness (QED) is 0.846. The second-order valence-corrected chi connectivity index (χ2v) is 9.15. The summed E-state index contributed by atoms with van der Waals surface area (Å²) in [4.78, 5) is 14.5. The average molecular weight is 391 g/mol. The van der Waals surface area contributed by atoms with E-state index < -0.39 is 15.1 Å². The van der Waals surface area contributed by atoms with Crippen molar-refractivity contribution in [2.45, 2.75) is 43.3 Å². The monoisotopic (exact) mass is 390 g/mol. The Bertz CT molecular complexity index is 885. The first kappa shape index (κ1) is 19.5. The Morgan fingerprint density at radius 1 is 1.19 bits per heavy atom. The van der Waals surface area contributed by atoms with Crippen LogP contribution in [0.25, 0.3) is 0 Å². The van der Waals surface area contributed by atoms with Crippen LogP contribution in [0.4, 0.5) is 4.79 Å². The lowest BCUT2D eigenvalue weighted by Crippen LogP contribution is -2.44. The maximum atomic E-state index is 13.4. The van der Waals surface area contributed by atoms with Crippen molar-refractivity contribution in [2.24, 2.45) is 0 Å². The molecule has 2 heterocycles. The molecule has 0 saturated carbocycles. The van der Waals surface area contributed by atoms with Gasteiger partial charge in [-0.3, -0.25) is 0 Å². The van der Waals surface area contributed by atoms with E-state index in [1.807, 2.05) is 13.0 Å². The normalized spacial score (nSPS) is 16.1. The number of carbonyl (C=O) groups is 1. The molecule has 0 unspecified atom stereocenters. The number of likely N-dealkylation sites (tertiary alicyclic amines) is 1. The van der Waals surface area contributed by atoms with E-state index in [1.165, 1.54) is 6.26 Å². The maximum Gasteiger partial charge on any atom is 0.317 e. The number of rotatable bonds is 5. The Morgan fingerprint density at radius 2 is 1.93 bits per heavy atom. The van der Waals surface area contributed by atoms with Crippen molar-refractivity contribution >= 4 is 15.9 Å². The molecule has 3 rings (SSSR count). The molecule has 146 valence electrons. The molecular weight excluding hydrogens is 364 g/mol. The molecular formula is C20H26N2O4S. The summed E-state index contributed by atoms with van der Waals surface area (Å²) in [5.74, 6) is 0.329. The number of furan rings is 1. The molecule has 27 heavy (non-hydrogen) atoms. The summed E-state index contributed by atoms with van der Waals surface area (Å²) >= 11 is 0. The zero-order chi connectivity index (χ0) is 19.4. The standard InChI is InChI=1S/C20H26N2O4S/c1-15-8-9-16(2)18(13-15)27(24,25)19(17-7-6-12-26-17)14-21-20(23)22-10-4-3-5-11-22/h6-9,12-13,19H,3-5,10-11,14H2,1-2H3,(H,21,23)/t19-/m0/s1. The van der Waals surface area contributed by atoms with Gasteiger partial charge in [-0.05, 0) is 62.4 Å². The highest BCUT2D eigenvalue weighted by Crippen LogP contribution is 2.31. The maximum absolute atomic E-state index is 13.4. The fourth-order valence-electron chi connectivity index (χ4n) is 3.39. The van der Waals surface area contributed by atoms with E-state index in [0.29, 0.717) is 24.4 Å². The molecule has 1 saturated heterocycles. The second-order valence-electron chi connectivity index (χ2n) is 7.05. The molecule has 0 bridgehead atoms. The van der Waals surface area contributed by atoms with Crippen molar-refractivity contribution in [3.05, 3.63) is 53.5 Å². The smallest absolute Gasteiger partial charge is 0.317 e. The Kier molecular flexibility index (Phi) is 5.89. The lowest BCUT2D eigenvalue weighted by Gasteiger charge is -2.27. The summed E-state index contributed by atoms with van der Waals surface area (Å²) in [6, 6.07) is 8.44. The largest absolute Gasteiger partial charge is 0.468 e. The first-order valence-corrected chi connectivity index (χ1v) is 10.8. The molecule has 1 fully saturated rings. The van der Waals surface area contributed by atoms with Crippen LogP contribution in [0.1, 0.15) is 41.4 Å². The zero-order valence-electron chi connectivity index (χ0n) is 15.8. The van der Waals surface area contributed by atoms with Crippen molar-refractivity contribution < 1.29 is 17.6 Å². The van der Waals surface area contributed by atoms with Gasteiger partial charge in [0, 0.05) is 19.6 Å². The van der Waals surface area contributed by atoms with E-state index in [0.717, 1.165) is 24.8 Å².